The summed E-state index contributed by atoms with van der Waals surface area (Å²) in [6, 6.07) is 3.94. The van der Waals surface area contributed by atoms with Crippen LogP contribution < -0.4 is 11.1 Å². The van der Waals surface area contributed by atoms with Crippen LogP contribution in [-0.4, -0.2) is 30.9 Å². The van der Waals surface area contributed by atoms with Gasteiger partial charge in [-0.05, 0) is 18.2 Å². The van der Waals surface area contributed by atoms with Crippen LogP contribution in [0.4, 0.5) is 4.39 Å². The molecule has 2 aromatic rings. The summed E-state index contributed by atoms with van der Waals surface area (Å²) in [5, 5.41) is 2.84. The molecule has 0 aliphatic heterocycles. The van der Waals surface area contributed by atoms with Crippen LogP contribution in [0.5, 0.6) is 0 Å². The van der Waals surface area contributed by atoms with Gasteiger partial charge in [-0.3, -0.25) is 9.59 Å². The summed E-state index contributed by atoms with van der Waals surface area (Å²) in [5.74, 6) is -2.64. The van der Waals surface area contributed by atoms with Crippen molar-refractivity contribution in [1.29, 1.82) is 0 Å². The maximum Gasteiger partial charge on any atom is 0.350 e. The molecule has 0 aliphatic carbocycles. The van der Waals surface area contributed by atoms with Crippen molar-refractivity contribution in [1.82, 2.24) is 5.32 Å². The zero-order valence-corrected chi connectivity index (χ0v) is 12.6. The summed E-state index contributed by atoms with van der Waals surface area (Å²) >= 11 is 7.01. The van der Waals surface area contributed by atoms with Crippen molar-refractivity contribution in [3.8, 4) is 0 Å². The Balaban J connectivity index is 2.05. The summed E-state index contributed by atoms with van der Waals surface area (Å²) in [6.45, 7) is -0.926. The number of ether oxygens (including phenoxy) is 1. The standard InChI is InChI=1S/C13H10ClFN2O4S/c14-11-7-2-1-6(15)3-8(7)22-12(11)13(20)21-5-10(19)17-4-9(16)18/h1-3H,4-5H2,(H2,16,18)(H,17,19). The molecule has 6 nitrogen and oxygen atoms in total. The Morgan fingerprint density at radius 2 is 2.09 bits per heavy atom. The molecular formula is C13H10ClFN2O4S. The van der Waals surface area contributed by atoms with E-state index in [0.29, 0.717) is 10.1 Å². The Hall–Kier alpha value is -2.19. The van der Waals surface area contributed by atoms with E-state index in [2.05, 4.69) is 5.32 Å². The molecule has 0 unspecified atom stereocenters. The fraction of sp³-hybridized carbons (Fsp3) is 0.154. The third kappa shape index (κ3) is 3.71. The van der Waals surface area contributed by atoms with Crippen molar-refractivity contribution in [3.05, 3.63) is 33.9 Å². The second-order valence-corrected chi connectivity index (χ2v) is 5.63. The van der Waals surface area contributed by atoms with Gasteiger partial charge >= 0.3 is 5.97 Å². The Labute approximate surface area is 133 Å². The lowest BCUT2D eigenvalue weighted by atomic mass is 10.2. The van der Waals surface area contributed by atoms with Crippen LogP contribution in [0.1, 0.15) is 9.67 Å². The largest absolute Gasteiger partial charge is 0.451 e. The number of primary amides is 1. The molecule has 0 bridgehead atoms. The molecule has 0 saturated carbocycles. The quantitative estimate of drug-likeness (QED) is 0.802. The zero-order chi connectivity index (χ0) is 16.3. The first-order chi connectivity index (χ1) is 10.4. The van der Waals surface area contributed by atoms with E-state index in [1.165, 1.54) is 18.2 Å². The van der Waals surface area contributed by atoms with Crippen molar-refractivity contribution < 1.29 is 23.5 Å². The first kappa shape index (κ1) is 16.2. The molecule has 0 radical (unpaired) electrons. The summed E-state index contributed by atoms with van der Waals surface area (Å²) in [4.78, 5) is 33.8. The van der Waals surface area contributed by atoms with Gasteiger partial charge in [0, 0.05) is 10.1 Å². The number of amides is 2. The Morgan fingerprint density at radius 1 is 1.36 bits per heavy atom. The summed E-state index contributed by atoms with van der Waals surface area (Å²) < 4.78 is 18.4. The van der Waals surface area contributed by atoms with E-state index in [4.69, 9.17) is 22.1 Å². The van der Waals surface area contributed by atoms with Crippen molar-refractivity contribution in [2.75, 3.05) is 13.2 Å². The minimum atomic E-state index is -0.805. The summed E-state index contributed by atoms with van der Waals surface area (Å²) in [5.41, 5.74) is 4.86. The average molecular weight is 345 g/mol. The van der Waals surface area contributed by atoms with E-state index in [9.17, 15) is 18.8 Å². The third-order valence-electron chi connectivity index (χ3n) is 2.57. The second kappa shape index (κ2) is 6.71. The molecule has 22 heavy (non-hydrogen) atoms. The highest BCUT2D eigenvalue weighted by Gasteiger charge is 2.19. The molecule has 0 fully saturated rings. The number of hydrogen-bond acceptors (Lipinski definition) is 5. The molecule has 116 valence electrons. The first-order valence-electron chi connectivity index (χ1n) is 5.98. The van der Waals surface area contributed by atoms with E-state index >= 15 is 0 Å². The topological polar surface area (TPSA) is 98.5 Å². The number of esters is 1. The summed E-state index contributed by atoms with van der Waals surface area (Å²) in [7, 11) is 0. The first-order valence-corrected chi connectivity index (χ1v) is 7.17. The third-order valence-corrected chi connectivity index (χ3v) is 4.21. The summed E-state index contributed by atoms with van der Waals surface area (Å²) in [6.07, 6.45) is 0. The number of halogens is 2. The number of hydrogen-bond donors (Lipinski definition) is 2. The number of thiophene rings is 1. The van der Waals surface area contributed by atoms with Gasteiger partial charge in [0.05, 0.1) is 11.6 Å². The molecule has 1 heterocycles. The molecule has 3 N–H and O–H groups in total. The lowest BCUT2D eigenvalue weighted by molar-refractivity contribution is -0.127. The number of fused-ring (bicyclic) bond motifs is 1. The number of carbonyl (C=O) groups is 3. The highest BCUT2D eigenvalue weighted by Crippen LogP contribution is 2.36. The van der Waals surface area contributed by atoms with E-state index < -0.39 is 30.2 Å². The molecule has 2 rings (SSSR count). The van der Waals surface area contributed by atoms with Crippen LogP contribution in [0.15, 0.2) is 18.2 Å². The molecule has 0 aliphatic rings. The predicted molar refractivity (Wildman–Crippen MR) is 79.3 cm³/mol. The van der Waals surface area contributed by atoms with E-state index in [-0.39, 0.29) is 16.4 Å². The van der Waals surface area contributed by atoms with Crippen molar-refractivity contribution in [3.63, 3.8) is 0 Å². The van der Waals surface area contributed by atoms with Gasteiger partial charge in [-0.1, -0.05) is 11.6 Å². The minimum Gasteiger partial charge on any atom is -0.451 e. The molecule has 2 amide bonds. The van der Waals surface area contributed by atoms with Crippen LogP contribution in [0, 0.1) is 5.82 Å². The number of benzene rings is 1. The normalized spacial score (nSPS) is 10.5. The molecule has 0 spiro atoms. The van der Waals surface area contributed by atoms with Gasteiger partial charge < -0.3 is 15.8 Å². The fourth-order valence-corrected chi connectivity index (χ4v) is 3.03. The van der Waals surface area contributed by atoms with Gasteiger partial charge in [-0.25, -0.2) is 9.18 Å². The minimum absolute atomic E-state index is 0.0740. The number of nitrogens with two attached hydrogens (primary N) is 1. The smallest absolute Gasteiger partial charge is 0.350 e. The van der Waals surface area contributed by atoms with Crippen molar-refractivity contribution in [2.45, 2.75) is 0 Å². The van der Waals surface area contributed by atoms with Crippen LogP contribution in [0.25, 0.3) is 10.1 Å². The Bertz CT molecular complexity index is 762. The molecule has 1 aromatic heterocycles. The van der Waals surface area contributed by atoms with Gasteiger partial charge in [0.2, 0.25) is 5.91 Å². The Kier molecular flexibility index (Phi) is 4.94. The second-order valence-electron chi connectivity index (χ2n) is 4.20. The van der Waals surface area contributed by atoms with Gasteiger partial charge in [-0.15, -0.1) is 11.3 Å². The fourth-order valence-electron chi connectivity index (χ4n) is 1.60. The van der Waals surface area contributed by atoms with Crippen LogP contribution >= 0.6 is 22.9 Å². The molecule has 0 saturated heterocycles. The van der Waals surface area contributed by atoms with Gasteiger partial charge in [0.1, 0.15) is 10.7 Å². The molecular weight excluding hydrogens is 335 g/mol. The zero-order valence-electron chi connectivity index (χ0n) is 11.0. The molecule has 1 aromatic carbocycles. The Morgan fingerprint density at radius 3 is 2.77 bits per heavy atom. The van der Waals surface area contributed by atoms with Crippen LogP contribution in [-0.2, 0) is 14.3 Å². The number of rotatable bonds is 5. The van der Waals surface area contributed by atoms with Crippen LogP contribution in [0.2, 0.25) is 5.02 Å². The highest BCUT2D eigenvalue weighted by atomic mass is 35.5. The van der Waals surface area contributed by atoms with Crippen molar-refractivity contribution in [2.24, 2.45) is 5.73 Å². The van der Waals surface area contributed by atoms with Gasteiger partial charge in [0.25, 0.3) is 5.91 Å². The van der Waals surface area contributed by atoms with Gasteiger partial charge in [0.15, 0.2) is 6.61 Å². The van der Waals surface area contributed by atoms with E-state index in [0.717, 1.165) is 11.3 Å². The SMILES string of the molecule is NC(=O)CNC(=O)COC(=O)c1sc2cc(F)ccc2c1Cl. The number of carbonyl (C=O) groups excluding carboxylic acids is 3. The van der Waals surface area contributed by atoms with E-state index in [1.54, 1.807) is 0 Å². The average Bonchev–Trinajstić information content (AvgIpc) is 2.79. The predicted octanol–water partition coefficient (Wildman–Crippen LogP) is 1.45. The molecule has 9 heteroatoms. The van der Waals surface area contributed by atoms with Gasteiger partial charge in [-0.2, -0.15) is 0 Å². The van der Waals surface area contributed by atoms with Crippen LogP contribution in [0.3, 0.4) is 0 Å². The van der Waals surface area contributed by atoms with E-state index in [1.807, 2.05) is 0 Å². The van der Waals surface area contributed by atoms with Crippen molar-refractivity contribution >= 4 is 50.8 Å². The lowest BCUT2D eigenvalue weighted by Crippen LogP contribution is -2.35. The monoisotopic (exact) mass is 344 g/mol. The number of nitrogens with one attached hydrogen (secondary N) is 1. The molecule has 0 atom stereocenters. The maximum atomic E-state index is 13.1. The lowest BCUT2D eigenvalue weighted by Gasteiger charge is -2.04. The highest BCUT2D eigenvalue weighted by molar-refractivity contribution is 7.21. The maximum absolute atomic E-state index is 13.1.